The van der Waals surface area contributed by atoms with Gasteiger partial charge in [-0.2, -0.15) is 0 Å². The summed E-state index contributed by atoms with van der Waals surface area (Å²) < 4.78 is 0. The quantitative estimate of drug-likeness (QED) is 0.485. The lowest BCUT2D eigenvalue weighted by Crippen LogP contribution is -2.33. The largest absolute Gasteiger partial charge is 0.399 e. The summed E-state index contributed by atoms with van der Waals surface area (Å²) >= 11 is 0. The average Bonchev–Trinajstić information content (AvgIpc) is 2.81. The summed E-state index contributed by atoms with van der Waals surface area (Å²) in [6.07, 6.45) is 4.04. The number of nitrogens with one attached hydrogen (secondary N) is 1. The molecule has 0 radical (unpaired) electrons. The first-order chi connectivity index (χ1) is 8.58. The molecule has 0 heterocycles. The summed E-state index contributed by atoms with van der Waals surface area (Å²) in [5.74, 6) is -0.416. The van der Waals surface area contributed by atoms with E-state index in [1.807, 2.05) is 0 Å². The fourth-order valence-corrected chi connectivity index (χ4v) is 2.23. The van der Waals surface area contributed by atoms with E-state index in [1.54, 1.807) is 0 Å². The van der Waals surface area contributed by atoms with E-state index >= 15 is 0 Å². The molecule has 0 aliphatic heterocycles. The SMILES string of the molecule is Nc1ccc([N+](=O)[O-])c(C(=O)NC2CCCC2)c1. The molecule has 1 saturated carbocycles. The minimum atomic E-state index is -0.566. The Labute approximate surface area is 104 Å². The number of hydrogen-bond donors (Lipinski definition) is 2. The van der Waals surface area contributed by atoms with Gasteiger partial charge in [0.2, 0.25) is 0 Å². The van der Waals surface area contributed by atoms with Crippen LogP contribution in [0.3, 0.4) is 0 Å². The lowest BCUT2D eigenvalue weighted by molar-refractivity contribution is -0.385. The van der Waals surface area contributed by atoms with E-state index in [4.69, 9.17) is 5.73 Å². The smallest absolute Gasteiger partial charge is 0.282 e. The molecule has 1 fully saturated rings. The summed E-state index contributed by atoms with van der Waals surface area (Å²) in [5, 5.41) is 13.7. The third-order valence-corrected chi connectivity index (χ3v) is 3.15. The van der Waals surface area contributed by atoms with Crippen molar-refractivity contribution in [2.75, 3.05) is 5.73 Å². The van der Waals surface area contributed by atoms with Crippen LogP contribution in [0.1, 0.15) is 36.0 Å². The van der Waals surface area contributed by atoms with Crippen LogP contribution in [0.25, 0.3) is 0 Å². The highest BCUT2D eigenvalue weighted by molar-refractivity contribution is 5.99. The van der Waals surface area contributed by atoms with Gasteiger partial charge in [-0.1, -0.05) is 12.8 Å². The second kappa shape index (κ2) is 5.03. The molecule has 1 amide bonds. The van der Waals surface area contributed by atoms with E-state index in [0.29, 0.717) is 5.69 Å². The molecule has 0 unspecified atom stereocenters. The van der Waals surface area contributed by atoms with Gasteiger partial charge in [-0.05, 0) is 25.0 Å². The van der Waals surface area contributed by atoms with Crippen molar-refractivity contribution in [1.82, 2.24) is 5.32 Å². The molecule has 2 rings (SSSR count). The number of carbonyl (C=O) groups is 1. The first-order valence-corrected chi connectivity index (χ1v) is 5.92. The fourth-order valence-electron chi connectivity index (χ4n) is 2.23. The van der Waals surface area contributed by atoms with Gasteiger partial charge in [-0.3, -0.25) is 14.9 Å². The number of anilines is 1. The molecular formula is C12H15N3O3. The first kappa shape index (κ1) is 12.3. The van der Waals surface area contributed by atoms with Crippen LogP contribution in [-0.4, -0.2) is 16.9 Å². The standard InChI is InChI=1S/C12H15N3O3/c13-8-5-6-11(15(17)18)10(7-8)12(16)14-9-3-1-2-4-9/h5-7,9H,1-4,13H2,(H,14,16). The number of hydrogen-bond acceptors (Lipinski definition) is 4. The van der Waals surface area contributed by atoms with Gasteiger partial charge in [-0.15, -0.1) is 0 Å². The number of carbonyl (C=O) groups excluding carboxylic acids is 1. The Hall–Kier alpha value is -2.11. The average molecular weight is 249 g/mol. The molecule has 0 saturated heterocycles. The van der Waals surface area contributed by atoms with Gasteiger partial charge in [0.1, 0.15) is 5.56 Å². The minimum Gasteiger partial charge on any atom is -0.399 e. The number of rotatable bonds is 3. The van der Waals surface area contributed by atoms with E-state index < -0.39 is 10.8 Å². The maximum atomic E-state index is 12.0. The predicted octanol–water partition coefficient (Wildman–Crippen LogP) is 1.85. The third-order valence-electron chi connectivity index (χ3n) is 3.15. The molecule has 0 aromatic heterocycles. The van der Waals surface area contributed by atoms with Gasteiger partial charge in [0.25, 0.3) is 11.6 Å². The number of nitrogen functional groups attached to an aromatic ring is 1. The summed E-state index contributed by atoms with van der Waals surface area (Å²) in [6, 6.07) is 4.16. The van der Waals surface area contributed by atoms with E-state index in [9.17, 15) is 14.9 Å². The number of nitrogens with zero attached hydrogens (tertiary/aromatic N) is 1. The molecule has 1 aliphatic rings. The number of nitrogens with two attached hydrogens (primary N) is 1. The zero-order valence-corrected chi connectivity index (χ0v) is 9.89. The van der Waals surface area contributed by atoms with Crippen molar-refractivity contribution in [2.24, 2.45) is 0 Å². The Balaban J connectivity index is 2.22. The summed E-state index contributed by atoms with van der Waals surface area (Å²) in [4.78, 5) is 22.3. The van der Waals surface area contributed by atoms with Gasteiger partial charge in [0.05, 0.1) is 4.92 Å². The van der Waals surface area contributed by atoms with Crippen LogP contribution in [0.4, 0.5) is 11.4 Å². The molecule has 1 aromatic carbocycles. The van der Waals surface area contributed by atoms with E-state index in [2.05, 4.69) is 5.32 Å². The van der Waals surface area contributed by atoms with Crippen molar-refractivity contribution in [3.8, 4) is 0 Å². The molecule has 0 bridgehead atoms. The van der Waals surface area contributed by atoms with Crippen molar-refractivity contribution in [1.29, 1.82) is 0 Å². The monoisotopic (exact) mass is 249 g/mol. The second-order valence-corrected chi connectivity index (χ2v) is 4.49. The molecule has 6 nitrogen and oxygen atoms in total. The molecule has 1 aromatic rings. The molecule has 18 heavy (non-hydrogen) atoms. The maximum absolute atomic E-state index is 12.0. The summed E-state index contributed by atoms with van der Waals surface area (Å²) in [6.45, 7) is 0. The maximum Gasteiger partial charge on any atom is 0.282 e. The van der Waals surface area contributed by atoms with E-state index in [0.717, 1.165) is 25.7 Å². The lowest BCUT2D eigenvalue weighted by Gasteiger charge is -2.12. The highest BCUT2D eigenvalue weighted by atomic mass is 16.6. The minimum absolute atomic E-state index is 0.0342. The molecule has 0 atom stereocenters. The van der Waals surface area contributed by atoms with Crippen molar-refractivity contribution in [3.63, 3.8) is 0 Å². The van der Waals surface area contributed by atoms with Crippen LogP contribution >= 0.6 is 0 Å². The van der Waals surface area contributed by atoms with Gasteiger partial charge in [0, 0.05) is 17.8 Å². The Morgan fingerprint density at radius 3 is 2.67 bits per heavy atom. The zero-order valence-electron chi connectivity index (χ0n) is 9.89. The third kappa shape index (κ3) is 2.58. The van der Waals surface area contributed by atoms with E-state index in [1.165, 1.54) is 18.2 Å². The molecular weight excluding hydrogens is 234 g/mol. The van der Waals surface area contributed by atoms with Crippen LogP contribution in [0.5, 0.6) is 0 Å². The van der Waals surface area contributed by atoms with E-state index in [-0.39, 0.29) is 17.3 Å². The fraction of sp³-hybridized carbons (Fsp3) is 0.417. The number of nitro benzene ring substituents is 1. The van der Waals surface area contributed by atoms with Crippen molar-refractivity contribution < 1.29 is 9.72 Å². The number of benzene rings is 1. The van der Waals surface area contributed by atoms with Gasteiger partial charge < -0.3 is 11.1 Å². The Bertz CT molecular complexity index is 481. The van der Waals surface area contributed by atoms with Crippen molar-refractivity contribution in [2.45, 2.75) is 31.7 Å². The zero-order chi connectivity index (χ0) is 13.1. The normalized spacial score (nSPS) is 15.6. The van der Waals surface area contributed by atoms with Crippen molar-refractivity contribution in [3.05, 3.63) is 33.9 Å². The van der Waals surface area contributed by atoms with Crippen LogP contribution in [-0.2, 0) is 0 Å². The molecule has 96 valence electrons. The Morgan fingerprint density at radius 1 is 1.39 bits per heavy atom. The van der Waals surface area contributed by atoms with Gasteiger partial charge >= 0.3 is 0 Å². The van der Waals surface area contributed by atoms with Crippen LogP contribution in [0, 0.1) is 10.1 Å². The summed E-state index contributed by atoms with van der Waals surface area (Å²) in [7, 11) is 0. The van der Waals surface area contributed by atoms with Crippen LogP contribution in [0.15, 0.2) is 18.2 Å². The number of nitro groups is 1. The van der Waals surface area contributed by atoms with Gasteiger partial charge in [0.15, 0.2) is 0 Å². The molecule has 3 N–H and O–H groups in total. The Morgan fingerprint density at radius 2 is 2.06 bits per heavy atom. The predicted molar refractivity (Wildman–Crippen MR) is 67.2 cm³/mol. The molecule has 0 spiro atoms. The van der Waals surface area contributed by atoms with Crippen LogP contribution < -0.4 is 11.1 Å². The molecule has 1 aliphatic carbocycles. The summed E-state index contributed by atoms with van der Waals surface area (Å²) in [5.41, 5.74) is 5.74. The lowest BCUT2D eigenvalue weighted by atomic mass is 10.1. The van der Waals surface area contributed by atoms with Crippen LogP contribution in [0.2, 0.25) is 0 Å². The molecule has 6 heteroatoms. The first-order valence-electron chi connectivity index (χ1n) is 5.92. The topological polar surface area (TPSA) is 98.3 Å². The van der Waals surface area contributed by atoms with Crippen molar-refractivity contribution >= 4 is 17.3 Å². The highest BCUT2D eigenvalue weighted by Crippen LogP contribution is 2.23. The number of amides is 1. The highest BCUT2D eigenvalue weighted by Gasteiger charge is 2.23. The second-order valence-electron chi connectivity index (χ2n) is 4.49. The van der Waals surface area contributed by atoms with Gasteiger partial charge in [-0.25, -0.2) is 0 Å². The Kier molecular flexibility index (Phi) is 3.45.